The Morgan fingerprint density at radius 1 is 1.40 bits per heavy atom. The van der Waals surface area contributed by atoms with Gasteiger partial charge in [-0.25, -0.2) is 8.42 Å². The normalized spacial score (nSPS) is 22.2. The van der Waals surface area contributed by atoms with Crippen molar-refractivity contribution >= 4 is 21.6 Å². The fraction of sp³-hybridized carbons (Fsp3) is 0.600. The van der Waals surface area contributed by atoms with E-state index >= 15 is 0 Å². The molecule has 112 valence electrons. The molecule has 1 N–H and O–H groups in total. The van der Waals surface area contributed by atoms with Gasteiger partial charge in [0.25, 0.3) is 0 Å². The highest BCUT2D eigenvalue weighted by atomic mass is 32.2. The van der Waals surface area contributed by atoms with Crippen LogP contribution in [0.4, 0.5) is 0 Å². The summed E-state index contributed by atoms with van der Waals surface area (Å²) in [5, 5.41) is 3.59. The Bertz CT molecular complexity index is 543. The van der Waals surface area contributed by atoms with E-state index in [2.05, 4.69) is 19.2 Å². The Balaban J connectivity index is 2.07. The molecular weight excluding hydrogens is 290 g/mol. The molecule has 0 spiro atoms. The van der Waals surface area contributed by atoms with Crippen LogP contribution in [0.25, 0.3) is 0 Å². The Morgan fingerprint density at radius 3 is 2.90 bits per heavy atom. The monoisotopic (exact) mass is 313 g/mol. The first-order valence-electron chi connectivity index (χ1n) is 7.20. The first-order valence-corrected chi connectivity index (χ1v) is 10.0. The molecule has 0 saturated carbocycles. The molecule has 2 atom stereocenters. The van der Waals surface area contributed by atoms with E-state index in [0.717, 1.165) is 23.5 Å². The molecule has 5 heteroatoms. The first-order chi connectivity index (χ1) is 9.54. The minimum Gasteiger partial charge on any atom is -0.307 e. The number of benzene rings is 1. The molecule has 1 aromatic carbocycles. The second-order valence-corrected chi connectivity index (χ2v) is 8.72. The van der Waals surface area contributed by atoms with Gasteiger partial charge in [-0.3, -0.25) is 0 Å². The highest BCUT2D eigenvalue weighted by Crippen LogP contribution is 2.32. The summed E-state index contributed by atoms with van der Waals surface area (Å²) < 4.78 is 24.2. The van der Waals surface area contributed by atoms with Crippen LogP contribution in [0.3, 0.4) is 0 Å². The van der Waals surface area contributed by atoms with Crippen molar-refractivity contribution < 1.29 is 8.42 Å². The topological polar surface area (TPSA) is 46.2 Å². The van der Waals surface area contributed by atoms with E-state index in [-0.39, 0.29) is 11.8 Å². The molecule has 1 aromatic rings. The summed E-state index contributed by atoms with van der Waals surface area (Å²) in [6.45, 7) is 4.35. The van der Waals surface area contributed by atoms with Crippen LogP contribution in [0.5, 0.6) is 0 Å². The van der Waals surface area contributed by atoms with Gasteiger partial charge in [0.15, 0.2) is 9.84 Å². The van der Waals surface area contributed by atoms with Crippen molar-refractivity contribution in [2.45, 2.75) is 43.7 Å². The fourth-order valence-electron chi connectivity index (χ4n) is 2.59. The van der Waals surface area contributed by atoms with E-state index in [1.54, 1.807) is 12.1 Å². The molecule has 0 bridgehead atoms. The molecule has 0 aliphatic carbocycles. The second kappa shape index (κ2) is 6.96. The molecular formula is C15H23NO2S2. The SMILES string of the molecule is CCSCCC(C)NC1CCS(=O)(=O)c2ccccc21. The Morgan fingerprint density at radius 2 is 2.15 bits per heavy atom. The van der Waals surface area contributed by atoms with E-state index < -0.39 is 9.84 Å². The van der Waals surface area contributed by atoms with E-state index in [4.69, 9.17) is 0 Å². The average molecular weight is 313 g/mol. The number of thioether (sulfide) groups is 1. The zero-order valence-corrected chi connectivity index (χ0v) is 13.8. The number of rotatable bonds is 6. The second-order valence-electron chi connectivity index (χ2n) is 5.25. The maximum Gasteiger partial charge on any atom is 0.178 e. The lowest BCUT2D eigenvalue weighted by molar-refractivity contribution is 0.426. The van der Waals surface area contributed by atoms with Crippen molar-refractivity contribution in [3.05, 3.63) is 29.8 Å². The van der Waals surface area contributed by atoms with Crippen molar-refractivity contribution in [3.63, 3.8) is 0 Å². The molecule has 0 amide bonds. The van der Waals surface area contributed by atoms with Crippen LogP contribution in [-0.2, 0) is 9.84 Å². The lowest BCUT2D eigenvalue weighted by Gasteiger charge is -2.29. The van der Waals surface area contributed by atoms with Gasteiger partial charge >= 0.3 is 0 Å². The minimum absolute atomic E-state index is 0.163. The number of fused-ring (bicyclic) bond motifs is 1. The highest BCUT2D eigenvalue weighted by molar-refractivity contribution is 7.99. The molecule has 0 aromatic heterocycles. The number of sulfone groups is 1. The van der Waals surface area contributed by atoms with Crippen molar-refractivity contribution in [1.82, 2.24) is 5.32 Å². The lowest BCUT2D eigenvalue weighted by atomic mass is 10.0. The summed E-state index contributed by atoms with van der Waals surface area (Å²) in [5.74, 6) is 2.55. The van der Waals surface area contributed by atoms with Gasteiger partial charge in [0.05, 0.1) is 10.6 Å². The predicted molar refractivity (Wildman–Crippen MR) is 86.1 cm³/mol. The summed E-state index contributed by atoms with van der Waals surface area (Å²) >= 11 is 1.95. The van der Waals surface area contributed by atoms with E-state index in [0.29, 0.717) is 17.4 Å². The van der Waals surface area contributed by atoms with Crippen LogP contribution >= 0.6 is 11.8 Å². The molecule has 2 unspecified atom stereocenters. The Labute approximate surface area is 126 Å². The summed E-state index contributed by atoms with van der Waals surface area (Å²) in [6.07, 6.45) is 1.79. The van der Waals surface area contributed by atoms with Gasteiger partial charge in [0.2, 0.25) is 0 Å². The van der Waals surface area contributed by atoms with Crippen LogP contribution in [0.2, 0.25) is 0 Å². The first kappa shape index (κ1) is 15.9. The third kappa shape index (κ3) is 3.77. The van der Waals surface area contributed by atoms with E-state index in [1.807, 2.05) is 23.9 Å². The highest BCUT2D eigenvalue weighted by Gasteiger charge is 2.30. The number of nitrogens with one attached hydrogen (secondary N) is 1. The van der Waals surface area contributed by atoms with Crippen LogP contribution < -0.4 is 5.32 Å². The summed E-state index contributed by atoms with van der Waals surface area (Å²) in [5.41, 5.74) is 0.939. The summed E-state index contributed by atoms with van der Waals surface area (Å²) in [7, 11) is -3.08. The average Bonchev–Trinajstić information content (AvgIpc) is 2.43. The Kier molecular flexibility index (Phi) is 5.52. The van der Waals surface area contributed by atoms with Crippen LogP contribution in [0, 0.1) is 0 Å². The van der Waals surface area contributed by atoms with Gasteiger partial charge in [0.1, 0.15) is 0 Å². The zero-order valence-electron chi connectivity index (χ0n) is 12.1. The molecule has 1 aliphatic heterocycles. The van der Waals surface area contributed by atoms with Gasteiger partial charge in [-0.15, -0.1) is 0 Å². The fourth-order valence-corrected chi connectivity index (χ4v) is 5.02. The molecule has 1 aliphatic rings. The smallest absolute Gasteiger partial charge is 0.178 e. The predicted octanol–water partition coefficient (Wildman–Crippen LogP) is 3.03. The van der Waals surface area contributed by atoms with Crippen LogP contribution in [-0.4, -0.2) is 31.7 Å². The van der Waals surface area contributed by atoms with Gasteiger partial charge in [-0.05, 0) is 42.9 Å². The van der Waals surface area contributed by atoms with E-state index in [9.17, 15) is 8.42 Å². The maximum atomic E-state index is 12.1. The van der Waals surface area contributed by atoms with Crippen LogP contribution in [0.15, 0.2) is 29.2 Å². The van der Waals surface area contributed by atoms with Crippen molar-refractivity contribution in [2.24, 2.45) is 0 Å². The third-order valence-corrected chi connectivity index (χ3v) is 6.44. The van der Waals surface area contributed by atoms with Gasteiger partial charge in [0, 0.05) is 12.1 Å². The van der Waals surface area contributed by atoms with E-state index in [1.165, 1.54) is 0 Å². The largest absolute Gasteiger partial charge is 0.307 e. The van der Waals surface area contributed by atoms with Crippen molar-refractivity contribution in [1.29, 1.82) is 0 Å². The van der Waals surface area contributed by atoms with Crippen molar-refractivity contribution in [2.75, 3.05) is 17.3 Å². The van der Waals surface area contributed by atoms with Crippen LogP contribution in [0.1, 0.15) is 38.3 Å². The molecule has 0 saturated heterocycles. The standard InChI is InChI=1S/C15H23NO2S2/c1-3-19-10-8-12(2)16-14-9-11-20(17,18)15-7-5-4-6-13(14)15/h4-7,12,14,16H,3,8-11H2,1-2H3. The zero-order chi connectivity index (χ0) is 14.6. The molecule has 3 nitrogen and oxygen atoms in total. The molecule has 1 heterocycles. The van der Waals surface area contributed by atoms with Gasteiger partial charge in [-0.2, -0.15) is 11.8 Å². The maximum absolute atomic E-state index is 12.1. The molecule has 20 heavy (non-hydrogen) atoms. The van der Waals surface area contributed by atoms with Crippen molar-refractivity contribution in [3.8, 4) is 0 Å². The quantitative estimate of drug-likeness (QED) is 0.820. The minimum atomic E-state index is -3.08. The van der Waals surface area contributed by atoms with Gasteiger partial charge < -0.3 is 5.32 Å². The molecule has 2 rings (SSSR count). The lowest BCUT2D eigenvalue weighted by Crippen LogP contribution is -2.35. The number of hydrogen-bond acceptors (Lipinski definition) is 4. The third-order valence-electron chi connectivity index (χ3n) is 3.69. The molecule has 0 fully saturated rings. The van der Waals surface area contributed by atoms with Gasteiger partial charge in [-0.1, -0.05) is 25.1 Å². The number of hydrogen-bond donors (Lipinski definition) is 1. The molecule has 0 radical (unpaired) electrons. The summed E-state index contributed by atoms with van der Waals surface area (Å²) in [6, 6.07) is 7.98. The summed E-state index contributed by atoms with van der Waals surface area (Å²) in [4.78, 5) is 0.513. The Hall–Kier alpha value is -0.520.